The zero-order valence-corrected chi connectivity index (χ0v) is 11.5. The molecule has 0 radical (unpaired) electrons. The highest BCUT2D eigenvalue weighted by Gasteiger charge is 2.35. The van der Waals surface area contributed by atoms with Gasteiger partial charge in [0.2, 0.25) is 0 Å². The van der Waals surface area contributed by atoms with Gasteiger partial charge in [-0.05, 0) is 24.3 Å². The third kappa shape index (κ3) is 3.38. The van der Waals surface area contributed by atoms with Gasteiger partial charge in [0.15, 0.2) is 0 Å². The molecule has 0 unspecified atom stereocenters. The van der Waals surface area contributed by atoms with E-state index in [0.29, 0.717) is 5.69 Å². The number of nitrogens with one attached hydrogen (secondary N) is 2. The fourth-order valence-electron chi connectivity index (χ4n) is 1.60. The van der Waals surface area contributed by atoms with Crippen molar-refractivity contribution in [3.8, 4) is 0 Å². The van der Waals surface area contributed by atoms with Crippen molar-refractivity contribution in [3.63, 3.8) is 0 Å². The van der Waals surface area contributed by atoms with Gasteiger partial charge in [0.25, 0.3) is 5.91 Å². The maximum absolute atomic E-state index is 12.9. The number of nitrogens with zero attached hydrogens (tertiary/aromatic N) is 1. The fraction of sp³-hybridized carbons (Fsp3) is 0.167. The summed E-state index contributed by atoms with van der Waals surface area (Å²) in [5, 5.41) is 8.69. The Labute approximate surface area is 120 Å². The first kappa shape index (κ1) is 14.6. The van der Waals surface area contributed by atoms with Gasteiger partial charge in [0.1, 0.15) is 0 Å². The topological polar surface area (TPSA) is 57.8 Å². The predicted molar refractivity (Wildman–Crippen MR) is 68.9 cm³/mol. The molecule has 2 N–H and O–H groups in total. The third-order valence-electron chi connectivity index (χ3n) is 2.53. The van der Waals surface area contributed by atoms with Crippen molar-refractivity contribution in [1.82, 2.24) is 15.5 Å². The highest BCUT2D eigenvalue weighted by Crippen LogP contribution is 2.33. The third-order valence-corrected chi connectivity index (χ3v) is 3.02. The number of amides is 1. The van der Waals surface area contributed by atoms with E-state index in [4.69, 9.17) is 0 Å². The van der Waals surface area contributed by atoms with E-state index in [1.54, 1.807) is 6.07 Å². The molecule has 0 bridgehead atoms. The van der Waals surface area contributed by atoms with Crippen molar-refractivity contribution in [2.24, 2.45) is 0 Å². The van der Waals surface area contributed by atoms with Gasteiger partial charge in [-0.2, -0.15) is 18.3 Å². The smallest absolute Gasteiger partial charge is 0.346 e. The molecular weight excluding hydrogens is 339 g/mol. The molecule has 0 fully saturated rings. The highest BCUT2D eigenvalue weighted by atomic mass is 79.9. The molecular formula is C12H9BrF3N3O. The van der Waals surface area contributed by atoms with Crippen LogP contribution in [0.1, 0.15) is 21.6 Å². The number of alkyl halides is 3. The summed E-state index contributed by atoms with van der Waals surface area (Å²) >= 11 is 2.96. The molecule has 0 aliphatic carbocycles. The van der Waals surface area contributed by atoms with Crippen LogP contribution in [0.25, 0.3) is 0 Å². The Balaban J connectivity index is 2.21. The van der Waals surface area contributed by atoms with Crippen molar-refractivity contribution in [2.45, 2.75) is 12.7 Å². The lowest BCUT2D eigenvalue weighted by Crippen LogP contribution is -2.26. The average Bonchev–Trinajstić information content (AvgIpc) is 2.88. The monoisotopic (exact) mass is 347 g/mol. The second-order valence-corrected chi connectivity index (χ2v) is 4.87. The molecule has 1 aromatic heterocycles. The first-order valence-electron chi connectivity index (χ1n) is 5.51. The van der Waals surface area contributed by atoms with Gasteiger partial charge in [0, 0.05) is 10.7 Å². The Kier molecular flexibility index (Phi) is 4.12. The number of aromatic amines is 1. The van der Waals surface area contributed by atoms with Crippen molar-refractivity contribution >= 4 is 21.8 Å². The molecule has 0 aliphatic heterocycles. The summed E-state index contributed by atoms with van der Waals surface area (Å²) in [6, 6.07) is 5.02. The Morgan fingerprint density at radius 3 is 2.70 bits per heavy atom. The van der Waals surface area contributed by atoms with Crippen LogP contribution in [0.5, 0.6) is 0 Å². The molecule has 20 heavy (non-hydrogen) atoms. The Bertz CT molecular complexity index is 611. The number of halogens is 4. The molecule has 4 nitrogen and oxygen atoms in total. The fourth-order valence-corrected chi connectivity index (χ4v) is 1.96. The lowest BCUT2D eigenvalue weighted by atomic mass is 10.1. The van der Waals surface area contributed by atoms with E-state index in [9.17, 15) is 18.0 Å². The van der Waals surface area contributed by atoms with Crippen LogP contribution in [0.15, 0.2) is 34.9 Å². The first-order valence-corrected chi connectivity index (χ1v) is 6.30. The molecule has 0 saturated carbocycles. The predicted octanol–water partition coefficient (Wildman–Crippen LogP) is 3.12. The second kappa shape index (κ2) is 5.66. The average molecular weight is 348 g/mol. The van der Waals surface area contributed by atoms with Crippen LogP contribution in [-0.4, -0.2) is 16.1 Å². The van der Waals surface area contributed by atoms with Gasteiger partial charge < -0.3 is 5.32 Å². The van der Waals surface area contributed by atoms with Crippen molar-refractivity contribution < 1.29 is 18.0 Å². The summed E-state index contributed by atoms with van der Waals surface area (Å²) < 4.78 is 38.9. The summed E-state index contributed by atoms with van der Waals surface area (Å²) in [6.07, 6.45) is -3.10. The van der Waals surface area contributed by atoms with E-state index in [0.717, 1.165) is 12.1 Å². The minimum Gasteiger partial charge on any atom is -0.346 e. The number of carbonyl (C=O) groups is 1. The molecule has 0 atom stereocenters. The van der Waals surface area contributed by atoms with Crippen LogP contribution in [0, 0.1) is 0 Å². The number of carbonyl (C=O) groups excluding carboxylic acids is 1. The normalized spacial score (nSPS) is 11.4. The number of rotatable bonds is 3. The van der Waals surface area contributed by atoms with Gasteiger partial charge in [-0.15, -0.1) is 0 Å². The molecule has 0 aliphatic rings. The number of hydrogen-bond donors (Lipinski definition) is 2. The highest BCUT2D eigenvalue weighted by molar-refractivity contribution is 9.10. The first-order chi connectivity index (χ1) is 9.38. The van der Waals surface area contributed by atoms with Crippen LogP contribution in [0.4, 0.5) is 13.2 Å². The number of aromatic nitrogens is 2. The minimum atomic E-state index is -4.59. The van der Waals surface area contributed by atoms with E-state index in [2.05, 4.69) is 31.4 Å². The molecule has 2 aromatic rings. The van der Waals surface area contributed by atoms with E-state index in [-0.39, 0.29) is 11.0 Å². The maximum atomic E-state index is 12.9. The molecule has 1 amide bonds. The van der Waals surface area contributed by atoms with Gasteiger partial charge in [0.05, 0.1) is 23.4 Å². The largest absolute Gasteiger partial charge is 0.417 e. The standard InChI is InChI=1S/C12H9BrF3N3O/c13-7-1-2-9(10(5-7)12(14,15)16)11(20)17-6-8-3-4-18-19-8/h1-5H,6H2,(H,17,20)(H,18,19). The summed E-state index contributed by atoms with van der Waals surface area (Å²) in [7, 11) is 0. The van der Waals surface area contributed by atoms with E-state index in [1.807, 2.05) is 0 Å². The van der Waals surface area contributed by atoms with Gasteiger partial charge in [-0.3, -0.25) is 9.89 Å². The molecule has 8 heteroatoms. The Hall–Kier alpha value is -1.83. The Morgan fingerprint density at radius 2 is 2.10 bits per heavy atom. The second-order valence-electron chi connectivity index (χ2n) is 3.95. The molecule has 0 spiro atoms. The van der Waals surface area contributed by atoms with E-state index >= 15 is 0 Å². The van der Waals surface area contributed by atoms with Crippen molar-refractivity contribution in [2.75, 3.05) is 0 Å². The quantitative estimate of drug-likeness (QED) is 0.896. The number of H-pyrrole nitrogens is 1. The van der Waals surface area contributed by atoms with Gasteiger partial charge in [-0.1, -0.05) is 15.9 Å². The van der Waals surface area contributed by atoms with E-state index < -0.39 is 23.2 Å². The zero-order valence-electron chi connectivity index (χ0n) is 9.96. The molecule has 106 valence electrons. The maximum Gasteiger partial charge on any atom is 0.417 e. The SMILES string of the molecule is O=C(NCc1ccn[nH]1)c1ccc(Br)cc1C(F)(F)F. The van der Waals surface area contributed by atoms with Crippen LogP contribution in [0.3, 0.4) is 0 Å². The van der Waals surface area contributed by atoms with Gasteiger partial charge >= 0.3 is 6.18 Å². The molecule has 1 heterocycles. The number of benzene rings is 1. The summed E-state index contributed by atoms with van der Waals surface area (Å²) in [4.78, 5) is 11.9. The summed E-state index contributed by atoms with van der Waals surface area (Å²) in [5.41, 5.74) is -0.793. The van der Waals surface area contributed by atoms with Crippen LogP contribution in [0.2, 0.25) is 0 Å². The molecule has 2 rings (SSSR count). The van der Waals surface area contributed by atoms with Crippen LogP contribution < -0.4 is 5.32 Å². The number of hydrogen-bond acceptors (Lipinski definition) is 2. The molecule has 0 saturated heterocycles. The summed E-state index contributed by atoms with van der Waals surface area (Å²) in [5.74, 6) is -0.792. The lowest BCUT2D eigenvalue weighted by Gasteiger charge is -2.13. The van der Waals surface area contributed by atoms with Crippen LogP contribution in [-0.2, 0) is 12.7 Å². The lowest BCUT2D eigenvalue weighted by molar-refractivity contribution is -0.138. The van der Waals surface area contributed by atoms with Crippen molar-refractivity contribution in [1.29, 1.82) is 0 Å². The minimum absolute atomic E-state index is 0.0756. The van der Waals surface area contributed by atoms with Crippen LogP contribution >= 0.6 is 15.9 Å². The Morgan fingerprint density at radius 1 is 1.35 bits per heavy atom. The van der Waals surface area contributed by atoms with Gasteiger partial charge in [-0.25, -0.2) is 0 Å². The zero-order chi connectivity index (χ0) is 14.8. The summed E-state index contributed by atoms with van der Waals surface area (Å²) in [6.45, 7) is 0.0756. The molecule has 1 aromatic carbocycles. The van der Waals surface area contributed by atoms with Crippen molar-refractivity contribution in [3.05, 3.63) is 51.8 Å². The van der Waals surface area contributed by atoms with E-state index in [1.165, 1.54) is 12.3 Å².